The molecule has 3 aromatic heterocycles. The van der Waals surface area contributed by atoms with Crippen LogP contribution in [0.2, 0.25) is 0 Å². The maximum absolute atomic E-state index is 12.1. The van der Waals surface area contributed by atoms with Crippen molar-refractivity contribution in [3.8, 4) is 0 Å². The van der Waals surface area contributed by atoms with Crippen LogP contribution in [-0.4, -0.2) is 31.3 Å². The lowest BCUT2D eigenvalue weighted by molar-refractivity contribution is 0.0562. The van der Waals surface area contributed by atoms with Gasteiger partial charge in [-0.2, -0.15) is 5.10 Å². The normalized spacial score (nSPS) is 11.4. The Morgan fingerprint density at radius 2 is 2.25 bits per heavy atom. The average Bonchev–Trinajstić information content (AvgIpc) is 3.27. The van der Waals surface area contributed by atoms with E-state index in [9.17, 15) is 13.2 Å². The van der Waals surface area contributed by atoms with Crippen LogP contribution < -0.4 is 4.72 Å². The molecule has 0 spiro atoms. The van der Waals surface area contributed by atoms with E-state index in [1.165, 1.54) is 36.3 Å². The Hall–Kier alpha value is -2.59. The summed E-state index contributed by atoms with van der Waals surface area (Å²) in [6.45, 7) is 0.248. The Morgan fingerprint density at radius 1 is 1.42 bits per heavy atom. The van der Waals surface area contributed by atoms with Gasteiger partial charge in [0.25, 0.3) is 10.0 Å². The van der Waals surface area contributed by atoms with Crippen molar-refractivity contribution in [2.75, 3.05) is 11.8 Å². The fourth-order valence-electron chi connectivity index (χ4n) is 1.96. The van der Waals surface area contributed by atoms with Crippen molar-refractivity contribution in [3.05, 3.63) is 53.6 Å². The zero-order valence-corrected chi connectivity index (χ0v) is 14.1. The maximum Gasteiger partial charge on any atom is 0.373 e. The van der Waals surface area contributed by atoms with Crippen molar-refractivity contribution in [3.63, 3.8) is 0 Å². The van der Waals surface area contributed by atoms with Gasteiger partial charge in [0.05, 0.1) is 25.5 Å². The number of esters is 1. The number of nitrogens with one attached hydrogen (secondary N) is 1. The number of anilines is 1. The van der Waals surface area contributed by atoms with Crippen molar-refractivity contribution >= 4 is 33.0 Å². The van der Waals surface area contributed by atoms with Crippen LogP contribution in [0.25, 0.3) is 0 Å². The van der Waals surface area contributed by atoms with E-state index in [4.69, 9.17) is 4.42 Å². The number of ether oxygens (including phenoxy) is 1. The van der Waals surface area contributed by atoms with Gasteiger partial charge in [0.1, 0.15) is 9.97 Å². The molecule has 0 fully saturated rings. The molecule has 8 nitrogen and oxygen atoms in total. The molecule has 10 heteroatoms. The van der Waals surface area contributed by atoms with Crippen LogP contribution in [0.15, 0.2) is 50.7 Å². The molecular formula is C14H13N3O5S2. The monoisotopic (exact) mass is 367 g/mol. The molecule has 126 valence electrons. The van der Waals surface area contributed by atoms with E-state index in [-0.39, 0.29) is 16.5 Å². The van der Waals surface area contributed by atoms with Crippen molar-refractivity contribution < 1.29 is 22.4 Å². The Bertz CT molecular complexity index is 941. The van der Waals surface area contributed by atoms with Crippen molar-refractivity contribution in [2.45, 2.75) is 10.8 Å². The highest BCUT2D eigenvalue weighted by Crippen LogP contribution is 2.20. The summed E-state index contributed by atoms with van der Waals surface area (Å²) >= 11 is 1.13. The number of methoxy groups -OCH3 is 1. The number of thiophene rings is 1. The molecule has 0 aliphatic heterocycles. The van der Waals surface area contributed by atoms with E-state index < -0.39 is 16.0 Å². The SMILES string of the molecule is COC(=O)c1ccc(Cn2cc(NS(=O)(=O)c3cccs3)cn2)o1. The standard InChI is InChI=1S/C14H13N3O5S2/c1-21-14(18)12-5-4-11(22-12)9-17-8-10(7-15-17)16-24(19,20)13-3-2-6-23-13/h2-8,16H,9H2,1H3. The molecule has 1 N–H and O–H groups in total. The first kappa shape index (κ1) is 16.3. The Kier molecular flexibility index (Phi) is 4.40. The molecule has 0 aliphatic rings. The first-order valence-corrected chi connectivity index (χ1v) is 9.10. The third-order valence-corrected chi connectivity index (χ3v) is 5.79. The second-order valence-electron chi connectivity index (χ2n) is 4.72. The van der Waals surface area contributed by atoms with E-state index >= 15 is 0 Å². The molecule has 3 rings (SSSR count). The highest BCUT2D eigenvalue weighted by molar-refractivity contribution is 7.94. The predicted molar refractivity (Wildman–Crippen MR) is 86.5 cm³/mol. The molecule has 0 unspecified atom stereocenters. The number of nitrogens with zero attached hydrogens (tertiary/aromatic N) is 2. The number of hydrogen-bond acceptors (Lipinski definition) is 7. The molecule has 24 heavy (non-hydrogen) atoms. The molecule has 0 saturated heterocycles. The maximum atomic E-state index is 12.1. The van der Waals surface area contributed by atoms with Gasteiger partial charge >= 0.3 is 5.97 Å². The summed E-state index contributed by atoms with van der Waals surface area (Å²) < 4.78 is 38.3. The van der Waals surface area contributed by atoms with E-state index in [1.54, 1.807) is 17.5 Å². The molecule has 0 aliphatic carbocycles. The predicted octanol–water partition coefficient (Wildman–Crippen LogP) is 2.17. The highest BCUT2D eigenvalue weighted by atomic mass is 32.2. The topological polar surface area (TPSA) is 103 Å². The third kappa shape index (κ3) is 3.49. The molecule has 3 aromatic rings. The largest absolute Gasteiger partial charge is 0.463 e. The minimum absolute atomic E-state index is 0.0956. The summed E-state index contributed by atoms with van der Waals surface area (Å²) in [7, 11) is -2.34. The Morgan fingerprint density at radius 3 is 2.96 bits per heavy atom. The third-order valence-electron chi connectivity index (χ3n) is 3.01. The molecule has 0 saturated carbocycles. The quantitative estimate of drug-likeness (QED) is 0.670. The van der Waals surface area contributed by atoms with Gasteiger partial charge in [-0.05, 0) is 23.6 Å². The fraction of sp³-hybridized carbons (Fsp3) is 0.143. The van der Waals surface area contributed by atoms with Gasteiger partial charge in [-0.15, -0.1) is 11.3 Å². The molecule has 0 atom stereocenters. The minimum atomic E-state index is -3.61. The van der Waals surface area contributed by atoms with E-state index in [2.05, 4.69) is 14.6 Å². The van der Waals surface area contributed by atoms with E-state index in [1.807, 2.05) is 0 Å². The molecule has 0 amide bonds. The highest BCUT2D eigenvalue weighted by Gasteiger charge is 2.16. The van der Waals surface area contributed by atoms with Gasteiger partial charge in [-0.3, -0.25) is 9.40 Å². The number of rotatable bonds is 6. The number of aromatic nitrogens is 2. The summed E-state index contributed by atoms with van der Waals surface area (Å²) in [5, 5.41) is 5.76. The van der Waals surface area contributed by atoms with Crippen molar-refractivity contribution in [2.24, 2.45) is 0 Å². The molecule has 3 heterocycles. The summed E-state index contributed by atoms with van der Waals surface area (Å²) in [6, 6.07) is 6.32. The number of carbonyl (C=O) groups excluding carboxylic acids is 1. The molecule has 0 bridgehead atoms. The van der Waals surface area contributed by atoms with Gasteiger partial charge in [-0.25, -0.2) is 13.2 Å². The van der Waals surface area contributed by atoms with Gasteiger partial charge in [-0.1, -0.05) is 6.07 Å². The summed E-state index contributed by atoms with van der Waals surface area (Å²) in [4.78, 5) is 11.3. The van der Waals surface area contributed by atoms with Crippen LogP contribution in [-0.2, 0) is 21.3 Å². The van der Waals surface area contributed by atoms with Crippen LogP contribution in [0.1, 0.15) is 16.3 Å². The summed E-state index contributed by atoms with van der Waals surface area (Å²) in [5.41, 5.74) is 0.336. The number of carbonyl (C=O) groups is 1. The van der Waals surface area contributed by atoms with Crippen molar-refractivity contribution in [1.82, 2.24) is 9.78 Å². The second-order valence-corrected chi connectivity index (χ2v) is 7.58. The number of hydrogen-bond donors (Lipinski definition) is 1. The second kappa shape index (κ2) is 6.49. The summed E-state index contributed by atoms with van der Waals surface area (Å²) in [6.07, 6.45) is 2.93. The zero-order valence-electron chi connectivity index (χ0n) is 12.5. The lowest BCUT2D eigenvalue weighted by atomic mass is 10.4. The van der Waals surface area contributed by atoms with Gasteiger partial charge in [0, 0.05) is 6.20 Å². The average molecular weight is 367 g/mol. The first-order valence-electron chi connectivity index (χ1n) is 6.74. The first-order chi connectivity index (χ1) is 11.5. The lowest BCUT2D eigenvalue weighted by Gasteiger charge is -2.02. The van der Waals surface area contributed by atoms with Gasteiger partial charge < -0.3 is 9.15 Å². The molecule has 0 radical (unpaired) electrons. The molecule has 0 aromatic carbocycles. The Labute approximate surface area is 141 Å². The van der Waals surface area contributed by atoms with Crippen LogP contribution in [0.3, 0.4) is 0 Å². The lowest BCUT2D eigenvalue weighted by Crippen LogP contribution is -2.10. The zero-order chi connectivity index (χ0) is 17.2. The Balaban J connectivity index is 1.70. The fourth-order valence-corrected chi connectivity index (χ4v) is 3.98. The van der Waals surface area contributed by atoms with E-state index in [0.29, 0.717) is 11.4 Å². The van der Waals surface area contributed by atoms with Crippen LogP contribution >= 0.6 is 11.3 Å². The van der Waals surface area contributed by atoms with E-state index in [0.717, 1.165) is 11.3 Å². The number of sulfonamides is 1. The van der Waals surface area contributed by atoms with Gasteiger partial charge in [0.2, 0.25) is 5.76 Å². The smallest absolute Gasteiger partial charge is 0.373 e. The van der Waals surface area contributed by atoms with Gasteiger partial charge in [0.15, 0.2) is 0 Å². The van der Waals surface area contributed by atoms with Crippen LogP contribution in [0.4, 0.5) is 5.69 Å². The number of furan rings is 1. The van der Waals surface area contributed by atoms with Crippen LogP contribution in [0.5, 0.6) is 0 Å². The molecular weight excluding hydrogens is 354 g/mol. The minimum Gasteiger partial charge on any atom is -0.463 e. The van der Waals surface area contributed by atoms with Crippen molar-refractivity contribution in [1.29, 1.82) is 0 Å². The van der Waals surface area contributed by atoms with Crippen LogP contribution in [0, 0.1) is 0 Å². The summed E-state index contributed by atoms with van der Waals surface area (Å²) in [5.74, 6) is 0.0237.